The fourth-order valence-corrected chi connectivity index (χ4v) is 0. The van der Waals surface area contributed by atoms with E-state index in [0.717, 1.165) is 0 Å². The zero-order valence-electron chi connectivity index (χ0n) is 5.07. The van der Waals surface area contributed by atoms with Gasteiger partial charge in [-0.05, 0) is 0 Å². The summed E-state index contributed by atoms with van der Waals surface area (Å²) in [5, 5.41) is 13.0. The molecule has 4 heteroatoms. The molecule has 0 aliphatic carbocycles. The van der Waals surface area contributed by atoms with Crippen molar-refractivity contribution >= 4 is 37.7 Å². The summed E-state index contributed by atoms with van der Waals surface area (Å²) < 4.78 is 0. The van der Waals surface area contributed by atoms with Crippen molar-refractivity contribution in [3.05, 3.63) is 0 Å². The molecular formula is C2H4CaN2Ni. The fourth-order valence-electron chi connectivity index (χ4n) is 0. The van der Waals surface area contributed by atoms with E-state index in [2.05, 4.69) is 13.1 Å². The second kappa shape index (κ2) is 239. The fraction of sp³-hybridized carbons (Fsp3) is 0. The summed E-state index contributed by atoms with van der Waals surface area (Å²) in [7, 11) is 0. The van der Waals surface area contributed by atoms with Crippen LogP contribution in [0, 0.1) is 23.7 Å². The number of nitriles is 2. The minimum atomic E-state index is 0. The van der Waals surface area contributed by atoms with Crippen molar-refractivity contribution in [2.45, 2.75) is 0 Å². The van der Waals surface area contributed by atoms with Crippen LogP contribution in [0.5, 0.6) is 0 Å². The summed E-state index contributed by atoms with van der Waals surface area (Å²) in [6, 6.07) is 0. The molecule has 0 spiro atoms. The molecule has 2 nitrogen and oxygen atoms in total. The zero-order valence-corrected chi connectivity index (χ0v) is 6.27. The molecule has 0 amide bonds. The third-order valence-corrected chi connectivity index (χ3v) is 0. The molecule has 0 N–H and O–H groups in total. The van der Waals surface area contributed by atoms with Crippen LogP contribution in [0.4, 0.5) is 0 Å². The third kappa shape index (κ3) is 123. The Morgan fingerprint density at radius 1 is 1.00 bits per heavy atom. The Bertz CT molecular complexity index is 33.5. The summed E-state index contributed by atoms with van der Waals surface area (Å²) in [6.45, 7) is 7.00. The van der Waals surface area contributed by atoms with E-state index in [-0.39, 0.29) is 57.1 Å². The first-order chi connectivity index (χ1) is 2.00. The molecular weight excluding hydrogens is 151 g/mol. The minimum absolute atomic E-state index is 0. The molecule has 0 aromatic rings. The number of hydrogen-bond acceptors (Lipinski definition) is 2. The Morgan fingerprint density at radius 2 is 1.00 bits per heavy atom. The van der Waals surface area contributed by atoms with Crippen LogP contribution in [0.3, 0.4) is 0 Å². The van der Waals surface area contributed by atoms with E-state index in [9.17, 15) is 0 Å². The molecule has 0 bridgehead atoms. The van der Waals surface area contributed by atoms with Crippen LogP contribution in [-0.2, 0) is 16.5 Å². The van der Waals surface area contributed by atoms with Crippen LogP contribution >= 0.6 is 0 Å². The molecule has 0 fully saturated rings. The molecule has 0 aromatic carbocycles. The van der Waals surface area contributed by atoms with E-state index in [4.69, 9.17) is 10.5 Å². The van der Waals surface area contributed by atoms with Crippen LogP contribution in [0.2, 0.25) is 0 Å². The molecule has 0 radical (unpaired) electrons. The Hall–Kier alpha value is 0.733. The Morgan fingerprint density at radius 3 is 1.00 bits per heavy atom. The van der Waals surface area contributed by atoms with Gasteiger partial charge in [-0.2, -0.15) is 0 Å². The van der Waals surface area contributed by atoms with Gasteiger partial charge in [-0.15, -0.1) is 0 Å². The Balaban J connectivity index is -0.00000000167. The van der Waals surface area contributed by atoms with E-state index < -0.39 is 0 Å². The van der Waals surface area contributed by atoms with Crippen molar-refractivity contribution < 1.29 is 19.3 Å². The van der Waals surface area contributed by atoms with E-state index in [1.54, 1.807) is 0 Å². The van der Waals surface area contributed by atoms with E-state index in [1.807, 2.05) is 0 Å². The standard InChI is InChI=1S/2CHN.Ca.Ni.2H/c2*1-2;;;;/h2*1H;;;;/q;;+2;;2*-1. The average Bonchev–Trinajstić information content (AvgIpc) is 1.50. The minimum Gasteiger partial charge on any atom is -1.00 e. The summed E-state index contributed by atoms with van der Waals surface area (Å²) in [6.07, 6.45) is 0. The molecule has 0 unspecified atom stereocenters. The van der Waals surface area contributed by atoms with E-state index in [0.29, 0.717) is 0 Å². The van der Waals surface area contributed by atoms with Gasteiger partial charge in [-0.1, -0.05) is 0 Å². The first-order valence-electron chi connectivity index (χ1n) is 0.516. The summed E-state index contributed by atoms with van der Waals surface area (Å²) >= 11 is 0. The molecule has 0 aliphatic rings. The quantitative estimate of drug-likeness (QED) is 0.466. The molecule has 34 valence electrons. The molecule has 0 atom stereocenters. The van der Waals surface area contributed by atoms with Crippen LogP contribution in [0.1, 0.15) is 2.85 Å². The van der Waals surface area contributed by atoms with Crippen molar-refractivity contribution in [1.29, 1.82) is 10.5 Å². The van der Waals surface area contributed by atoms with Crippen molar-refractivity contribution in [3.63, 3.8) is 0 Å². The maximum absolute atomic E-state index is 6.50. The molecule has 6 heavy (non-hydrogen) atoms. The van der Waals surface area contributed by atoms with E-state index >= 15 is 0 Å². The van der Waals surface area contributed by atoms with Gasteiger partial charge in [-0.25, -0.2) is 10.5 Å². The Kier molecular flexibility index (Phi) is 1180. The normalized spacial score (nSPS) is 0.667. The number of hydrogen-bond donors (Lipinski definition) is 0. The summed E-state index contributed by atoms with van der Waals surface area (Å²) in [4.78, 5) is 0. The van der Waals surface area contributed by atoms with Gasteiger partial charge in [0.15, 0.2) is 0 Å². The van der Waals surface area contributed by atoms with Gasteiger partial charge < -0.3 is 2.85 Å². The summed E-state index contributed by atoms with van der Waals surface area (Å²) in [5.41, 5.74) is 0. The van der Waals surface area contributed by atoms with Crippen LogP contribution < -0.4 is 0 Å². The van der Waals surface area contributed by atoms with Crippen molar-refractivity contribution in [3.8, 4) is 13.1 Å². The first kappa shape index (κ1) is 29.6. The first-order valence-corrected chi connectivity index (χ1v) is 0.516. The monoisotopic (exact) mass is 154 g/mol. The average molecular weight is 155 g/mol. The largest absolute Gasteiger partial charge is 2.00 e. The third-order valence-electron chi connectivity index (χ3n) is 0. The topological polar surface area (TPSA) is 47.6 Å². The smallest absolute Gasteiger partial charge is 1.00 e. The number of rotatable bonds is 0. The van der Waals surface area contributed by atoms with Crippen molar-refractivity contribution in [2.75, 3.05) is 0 Å². The van der Waals surface area contributed by atoms with Crippen LogP contribution in [-0.4, -0.2) is 37.7 Å². The number of nitrogens with zero attached hydrogens (tertiary/aromatic N) is 2. The zero-order chi connectivity index (χ0) is 4.00. The molecule has 0 aliphatic heterocycles. The van der Waals surface area contributed by atoms with Crippen molar-refractivity contribution in [2.24, 2.45) is 0 Å². The second-order valence-corrected chi connectivity index (χ2v) is 0. The molecule has 0 rings (SSSR count). The summed E-state index contributed by atoms with van der Waals surface area (Å²) in [5.74, 6) is 0. The molecule has 0 saturated carbocycles. The second-order valence-electron chi connectivity index (χ2n) is 0. The van der Waals surface area contributed by atoms with Crippen LogP contribution in [0.25, 0.3) is 0 Å². The molecule has 0 saturated heterocycles. The predicted octanol–water partition coefficient (Wildman–Crippen LogP) is 0.121. The SMILES string of the molecule is C#N.C#N.[Ca+2].[H-].[H-].[Ni]. The van der Waals surface area contributed by atoms with Crippen LogP contribution in [0.15, 0.2) is 0 Å². The maximum Gasteiger partial charge on any atom is 2.00 e. The molecule has 0 aromatic heterocycles. The van der Waals surface area contributed by atoms with Gasteiger partial charge >= 0.3 is 37.7 Å². The maximum atomic E-state index is 6.50. The van der Waals surface area contributed by atoms with Gasteiger partial charge in [-0.3, -0.25) is 0 Å². The van der Waals surface area contributed by atoms with E-state index in [1.165, 1.54) is 0 Å². The van der Waals surface area contributed by atoms with Gasteiger partial charge in [0.1, 0.15) is 0 Å². The van der Waals surface area contributed by atoms with Gasteiger partial charge in [0.25, 0.3) is 0 Å². The Labute approximate surface area is 80.0 Å². The van der Waals surface area contributed by atoms with Gasteiger partial charge in [0, 0.05) is 29.6 Å². The predicted molar refractivity (Wildman–Crippen MR) is 21.3 cm³/mol. The van der Waals surface area contributed by atoms with Gasteiger partial charge in [0.2, 0.25) is 0 Å². The van der Waals surface area contributed by atoms with Gasteiger partial charge in [0.05, 0.1) is 0 Å². The molecule has 0 heterocycles. The van der Waals surface area contributed by atoms with Crippen molar-refractivity contribution in [1.82, 2.24) is 0 Å².